The van der Waals surface area contributed by atoms with Crippen molar-refractivity contribution in [2.45, 2.75) is 32.9 Å². The molecule has 1 aliphatic heterocycles. The molecule has 118 valence electrons. The Hall–Kier alpha value is -2.55. The maximum atomic E-state index is 12.3. The van der Waals surface area contributed by atoms with Crippen LogP contribution in [0.25, 0.3) is 6.08 Å². The van der Waals surface area contributed by atoms with Gasteiger partial charge in [0.15, 0.2) is 0 Å². The van der Waals surface area contributed by atoms with Crippen molar-refractivity contribution in [1.29, 1.82) is 0 Å². The number of hydrogen-bond donors (Lipinski definition) is 1. The molecule has 0 atom stereocenters. The molecule has 1 amide bonds. The molecule has 3 heteroatoms. The second-order valence-electron chi connectivity index (χ2n) is 6.36. The molecule has 3 rings (SSSR count). The monoisotopic (exact) mass is 307 g/mol. The summed E-state index contributed by atoms with van der Waals surface area (Å²) in [6, 6.07) is 15.4. The van der Waals surface area contributed by atoms with Gasteiger partial charge in [0.1, 0.15) is 11.4 Å². The van der Waals surface area contributed by atoms with Crippen LogP contribution in [-0.4, -0.2) is 11.5 Å². The van der Waals surface area contributed by atoms with Crippen LogP contribution in [0, 0.1) is 0 Å². The molecular formula is C20H21NO2. The van der Waals surface area contributed by atoms with Crippen molar-refractivity contribution in [1.82, 2.24) is 5.32 Å². The number of hydrogen-bond acceptors (Lipinski definition) is 2. The van der Waals surface area contributed by atoms with E-state index in [1.165, 1.54) is 0 Å². The SMILES string of the molecule is CC1=Cc2cc(C(=O)NCc3ccccc3)ccc2OC1(C)C. The Kier molecular flexibility index (Phi) is 3.95. The third-order valence-corrected chi connectivity index (χ3v) is 4.25. The van der Waals surface area contributed by atoms with Crippen molar-refractivity contribution in [3.8, 4) is 5.75 Å². The summed E-state index contributed by atoms with van der Waals surface area (Å²) >= 11 is 0. The van der Waals surface area contributed by atoms with Crippen LogP contribution >= 0.6 is 0 Å². The van der Waals surface area contributed by atoms with E-state index >= 15 is 0 Å². The smallest absolute Gasteiger partial charge is 0.251 e. The number of fused-ring (bicyclic) bond motifs is 1. The third-order valence-electron chi connectivity index (χ3n) is 4.25. The lowest BCUT2D eigenvalue weighted by molar-refractivity contribution is 0.0950. The van der Waals surface area contributed by atoms with Crippen LogP contribution in [0.15, 0.2) is 54.1 Å². The predicted octanol–water partition coefficient (Wildman–Crippen LogP) is 4.19. The highest BCUT2D eigenvalue weighted by molar-refractivity contribution is 5.95. The number of carbonyl (C=O) groups excluding carboxylic acids is 1. The molecular weight excluding hydrogens is 286 g/mol. The Morgan fingerprint density at radius 1 is 1.13 bits per heavy atom. The van der Waals surface area contributed by atoms with E-state index in [4.69, 9.17) is 4.74 Å². The Morgan fingerprint density at radius 2 is 1.87 bits per heavy atom. The molecule has 0 aromatic heterocycles. The first-order valence-electron chi connectivity index (χ1n) is 7.80. The Bertz CT molecular complexity index is 760. The van der Waals surface area contributed by atoms with Crippen LogP contribution in [0.5, 0.6) is 5.75 Å². The lowest BCUT2D eigenvalue weighted by atomic mass is 9.93. The van der Waals surface area contributed by atoms with Crippen LogP contribution in [0.3, 0.4) is 0 Å². The van der Waals surface area contributed by atoms with Crippen molar-refractivity contribution in [3.63, 3.8) is 0 Å². The summed E-state index contributed by atoms with van der Waals surface area (Å²) in [5, 5.41) is 2.95. The van der Waals surface area contributed by atoms with Gasteiger partial charge in [0, 0.05) is 17.7 Å². The fourth-order valence-corrected chi connectivity index (χ4v) is 2.54. The standard InChI is InChI=1S/C20H21NO2/c1-14-11-17-12-16(9-10-18(17)23-20(14,2)3)19(22)21-13-15-7-5-4-6-8-15/h4-12H,13H2,1-3H3,(H,21,22). The number of nitrogens with one attached hydrogen (secondary N) is 1. The number of carbonyl (C=O) groups is 1. The van der Waals surface area contributed by atoms with Crippen LogP contribution < -0.4 is 10.1 Å². The molecule has 1 N–H and O–H groups in total. The molecule has 0 saturated carbocycles. The first-order valence-corrected chi connectivity index (χ1v) is 7.80. The van der Waals surface area contributed by atoms with E-state index in [1.807, 2.05) is 69.3 Å². The Balaban J connectivity index is 1.76. The van der Waals surface area contributed by atoms with Gasteiger partial charge in [-0.1, -0.05) is 30.3 Å². The summed E-state index contributed by atoms with van der Waals surface area (Å²) in [7, 11) is 0. The van der Waals surface area contributed by atoms with Crippen molar-refractivity contribution >= 4 is 12.0 Å². The van der Waals surface area contributed by atoms with Crippen molar-refractivity contribution < 1.29 is 9.53 Å². The van der Waals surface area contributed by atoms with E-state index in [0.29, 0.717) is 12.1 Å². The zero-order valence-corrected chi connectivity index (χ0v) is 13.7. The molecule has 0 radical (unpaired) electrons. The molecule has 1 aliphatic rings. The number of ether oxygens (including phenoxy) is 1. The van der Waals surface area contributed by atoms with E-state index in [2.05, 4.69) is 11.4 Å². The first-order chi connectivity index (χ1) is 11.0. The lowest BCUT2D eigenvalue weighted by Gasteiger charge is -2.32. The number of benzene rings is 2. The highest BCUT2D eigenvalue weighted by Gasteiger charge is 2.27. The average Bonchev–Trinajstić information content (AvgIpc) is 2.54. The van der Waals surface area contributed by atoms with Gasteiger partial charge in [-0.25, -0.2) is 0 Å². The minimum Gasteiger partial charge on any atom is -0.483 e. The van der Waals surface area contributed by atoms with E-state index in [0.717, 1.165) is 22.4 Å². The van der Waals surface area contributed by atoms with Crippen molar-refractivity contribution in [3.05, 3.63) is 70.8 Å². The van der Waals surface area contributed by atoms with Crippen LogP contribution in [0.4, 0.5) is 0 Å². The summed E-state index contributed by atoms with van der Waals surface area (Å²) in [5.41, 5.74) is 3.53. The van der Waals surface area contributed by atoms with Gasteiger partial charge in [-0.3, -0.25) is 4.79 Å². The second-order valence-corrected chi connectivity index (χ2v) is 6.36. The topological polar surface area (TPSA) is 38.3 Å². The molecule has 0 bridgehead atoms. The summed E-state index contributed by atoms with van der Waals surface area (Å²) < 4.78 is 6.00. The molecule has 2 aromatic carbocycles. The lowest BCUT2D eigenvalue weighted by Crippen LogP contribution is -2.32. The van der Waals surface area contributed by atoms with Gasteiger partial charge in [-0.2, -0.15) is 0 Å². The molecule has 0 spiro atoms. The van der Waals surface area contributed by atoms with Gasteiger partial charge < -0.3 is 10.1 Å². The molecule has 1 heterocycles. The minimum absolute atomic E-state index is 0.0764. The fourth-order valence-electron chi connectivity index (χ4n) is 2.54. The van der Waals surface area contributed by atoms with Gasteiger partial charge in [0.25, 0.3) is 5.91 Å². The van der Waals surface area contributed by atoms with Crippen LogP contribution in [0.1, 0.15) is 42.3 Å². The highest BCUT2D eigenvalue weighted by Crippen LogP contribution is 2.35. The predicted molar refractivity (Wildman–Crippen MR) is 92.4 cm³/mol. The normalized spacial score (nSPS) is 15.2. The van der Waals surface area contributed by atoms with Crippen LogP contribution in [0.2, 0.25) is 0 Å². The number of rotatable bonds is 3. The third kappa shape index (κ3) is 3.29. The zero-order valence-electron chi connectivity index (χ0n) is 13.7. The van der Waals surface area contributed by atoms with Gasteiger partial charge in [0.05, 0.1) is 0 Å². The summed E-state index contributed by atoms with van der Waals surface area (Å²) in [6.45, 7) is 6.66. The molecule has 2 aromatic rings. The summed E-state index contributed by atoms with van der Waals surface area (Å²) in [4.78, 5) is 12.3. The van der Waals surface area contributed by atoms with Gasteiger partial charge in [-0.05, 0) is 56.2 Å². The summed E-state index contributed by atoms with van der Waals surface area (Å²) in [5.74, 6) is 0.743. The molecule has 0 aliphatic carbocycles. The largest absolute Gasteiger partial charge is 0.483 e. The Labute approximate surface area is 137 Å². The van der Waals surface area contributed by atoms with Crippen molar-refractivity contribution in [2.75, 3.05) is 0 Å². The van der Waals surface area contributed by atoms with Gasteiger partial charge in [0.2, 0.25) is 0 Å². The van der Waals surface area contributed by atoms with Gasteiger partial charge >= 0.3 is 0 Å². The van der Waals surface area contributed by atoms with E-state index in [1.54, 1.807) is 0 Å². The maximum Gasteiger partial charge on any atom is 0.251 e. The van der Waals surface area contributed by atoms with E-state index in [9.17, 15) is 4.79 Å². The summed E-state index contributed by atoms with van der Waals surface area (Å²) in [6.07, 6.45) is 2.09. The molecule has 3 nitrogen and oxygen atoms in total. The van der Waals surface area contributed by atoms with Gasteiger partial charge in [-0.15, -0.1) is 0 Å². The Morgan fingerprint density at radius 3 is 2.61 bits per heavy atom. The average molecular weight is 307 g/mol. The molecule has 0 fully saturated rings. The number of amides is 1. The van der Waals surface area contributed by atoms with Crippen molar-refractivity contribution in [2.24, 2.45) is 0 Å². The highest BCUT2D eigenvalue weighted by atomic mass is 16.5. The molecule has 0 saturated heterocycles. The minimum atomic E-state index is -0.302. The molecule has 0 unspecified atom stereocenters. The van der Waals surface area contributed by atoms with Crippen LogP contribution in [-0.2, 0) is 6.54 Å². The maximum absolute atomic E-state index is 12.3. The zero-order chi connectivity index (χ0) is 16.4. The first kappa shape index (κ1) is 15.3. The second kappa shape index (κ2) is 5.92. The van der Waals surface area contributed by atoms with E-state index < -0.39 is 0 Å². The molecule has 23 heavy (non-hydrogen) atoms. The van der Waals surface area contributed by atoms with E-state index in [-0.39, 0.29) is 11.5 Å². The quantitative estimate of drug-likeness (QED) is 0.923. The fraction of sp³-hybridized carbons (Fsp3) is 0.250.